The highest BCUT2D eigenvalue weighted by Crippen LogP contribution is 2.27. The molecule has 138 valence electrons. The Hall–Kier alpha value is -3.58. The minimum absolute atomic E-state index is 0.226. The fourth-order valence-corrected chi connectivity index (χ4v) is 3.34. The van der Waals surface area contributed by atoms with E-state index in [0.717, 1.165) is 0 Å². The van der Waals surface area contributed by atoms with E-state index in [1.165, 1.54) is 17.4 Å². The fourth-order valence-electron chi connectivity index (χ4n) is 2.51. The van der Waals surface area contributed by atoms with Crippen LogP contribution in [0.4, 0.5) is 10.1 Å². The van der Waals surface area contributed by atoms with Crippen molar-refractivity contribution in [2.75, 3.05) is 5.32 Å². The number of aromatic nitrogens is 2. The average molecular weight is 391 g/mol. The van der Waals surface area contributed by atoms with Gasteiger partial charge in [-0.25, -0.2) is 9.37 Å². The lowest BCUT2D eigenvalue weighted by Gasteiger charge is -2.08. The van der Waals surface area contributed by atoms with E-state index < -0.39 is 0 Å². The van der Waals surface area contributed by atoms with E-state index in [-0.39, 0.29) is 17.4 Å². The molecule has 1 N–H and O–H groups in total. The summed E-state index contributed by atoms with van der Waals surface area (Å²) in [6, 6.07) is 16.8. The maximum atomic E-state index is 13.9. The zero-order valence-corrected chi connectivity index (χ0v) is 15.3. The topological polar surface area (TPSA) is 64.1 Å². The molecule has 0 bridgehead atoms. The zero-order valence-electron chi connectivity index (χ0n) is 14.5. The first kappa shape index (κ1) is 17.8. The van der Waals surface area contributed by atoms with Crippen LogP contribution < -0.4 is 10.1 Å². The normalized spacial score (nSPS) is 10.5. The summed E-state index contributed by atoms with van der Waals surface area (Å²) < 4.78 is 19.6. The van der Waals surface area contributed by atoms with Gasteiger partial charge in [-0.1, -0.05) is 18.2 Å². The second-order valence-corrected chi connectivity index (χ2v) is 6.64. The maximum Gasteiger partial charge on any atom is 0.275 e. The Morgan fingerprint density at radius 2 is 1.82 bits per heavy atom. The van der Waals surface area contributed by atoms with Crippen molar-refractivity contribution in [2.24, 2.45) is 0 Å². The number of nitrogens with zero attached hydrogens (tertiary/aromatic N) is 2. The van der Waals surface area contributed by atoms with Crippen LogP contribution in [0.5, 0.6) is 11.5 Å². The van der Waals surface area contributed by atoms with Crippen molar-refractivity contribution >= 4 is 22.9 Å². The van der Waals surface area contributed by atoms with Crippen molar-refractivity contribution in [3.63, 3.8) is 0 Å². The number of benzene rings is 2. The summed E-state index contributed by atoms with van der Waals surface area (Å²) in [6.07, 6.45) is 3.27. The second-order valence-electron chi connectivity index (χ2n) is 5.78. The number of nitrogens with one attached hydrogen (secondary N) is 1. The molecular weight excluding hydrogens is 377 g/mol. The van der Waals surface area contributed by atoms with Crippen LogP contribution >= 0.6 is 11.3 Å². The molecule has 2 heterocycles. The predicted octanol–water partition coefficient (Wildman–Crippen LogP) is 5.39. The highest BCUT2D eigenvalue weighted by atomic mass is 32.1. The van der Waals surface area contributed by atoms with Gasteiger partial charge in [-0.15, -0.1) is 11.3 Å². The first-order valence-corrected chi connectivity index (χ1v) is 9.27. The lowest BCUT2D eigenvalue weighted by atomic mass is 10.2. The molecule has 0 radical (unpaired) electrons. The van der Waals surface area contributed by atoms with Crippen LogP contribution in [0.15, 0.2) is 78.4 Å². The number of thiazole rings is 1. The van der Waals surface area contributed by atoms with Crippen LogP contribution in [-0.2, 0) is 0 Å². The fraction of sp³-hybridized carbons (Fsp3) is 0. The van der Waals surface area contributed by atoms with Crippen LogP contribution in [0.2, 0.25) is 0 Å². The summed E-state index contributed by atoms with van der Waals surface area (Å²) in [6.45, 7) is 0. The molecule has 28 heavy (non-hydrogen) atoms. The van der Waals surface area contributed by atoms with Gasteiger partial charge in [0, 0.05) is 35.1 Å². The Labute approximate surface area is 164 Å². The third-order valence-corrected chi connectivity index (χ3v) is 4.69. The number of carbonyl (C=O) groups excluding carboxylic acids is 1. The Kier molecular flexibility index (Phi) is 5.07. The van der Waals surface area contributed by atoms with Gasteiger partial charge in [0.15, 0.2) is 0 Å². The highest BCUT2D eigenvalue weighted by Gasteiger charge is 2.14. The number of hydrogen-bond donors (Lipinski definition) is 1. The summed E-state index contributed by atoms with van der Waals surface area (Å²) in [5.74, 6) is 0.478. The summed E-state index contributed by atoms with van der Waals surface area (Å²) in [4.78, 5) is 20.7. The van der Waals surface area contributed by atoms with Gasteiger partial charge < -0.3 is 10.1 Å². The van der Waals surface area contributed by atoms with Gasteiger partial charge in [0.25, 0.3) is 5.91 Å². The molecule has 0 spiro atoms. The third-order valence-electron chi connectivity index (χ3n) is 3.82. The van der Waals surface area contributed by atoms with Gasteiger partial charge >= 0.3 is 0 Å². The van der Waals surface area contributed by atoms with Crippen molar-refractivity contribution in [3.05, 3.63) is 89.9 Å². The molecule has 2 aromatic heterocycles. The molecule has 0 saturated heterocycles. The Balaban J connectivity index is 1.48. The number of amides is 1. The number of pyridine rings is 1. The second kappa shape index (κ2) is 7.98. The summed E-state index contributed by atoms with van der Waals surface area (Å²) in [5, 5.41) is 4.85. The van der Waals surface area contributed by atoms with Crippen molar-refractivity contribution in [1.29, 1.82) is 0 Å². The molecule has 0 atom stereocenters. The predicted molar refractivity (Wildman–Crippen MR) is 106 cm³/mol. The smallest absolute Gasteiger partial charge is 0.275 e. The van der Waals surface area contributed by atoms with E-state index in [1.54, 1.807) is 72.4 Å². The number of rotatable bonds is 5. The number of ether oxygens (including phenoxy) is 1. The number of halogens is 1. The average Bonchev–Trinajstić information content (AvgIpc) is 3.20. The zero-order chi connectivity index (χ0) is 19.3. The van der Waals surface area contributed by atoms with Gasteiger partial charge in [0.05, 0.1) is 0 Å². The molecule has 4 rings (SSSR count). The van der Waals surface area contributed by atoms with Crippen molar-refractivity contribution in [1.82, 2.24) is 9.97 Å². The molecule has 1 amide bonds. The molecule has 5 nitrogen and oxygen atoms in total. The largest absolute Gasteiger partial charge is 0.457 e. The van der Waals surface area contributed by atoms with E-state index in [0.29, 0.717) is 27.8 Å². The molecule has 0 aliphatic heterocycles. The molecule has 0 saturated carbocycles. The van der Waals surface area contributed by atoms with Crippen LogP contribution in [0.3, 0.4) is 0 Å². The van der Waals surface area contributed by atoms with Gasteiger partial charge in [-0.3, -0.25) is 9.78 Å². The van der Waals surface area contributed by atoms with Crippen LogP contribution in [0, 0.1) is 5.82 Å². The lowest BCUT2D eigenvalue weighted by molar-refractivity contribution is 0.102. The summed E-state index contributed by atoms with van der Waals surface area (Å²) in [7, 11) is 0. The monoisotopic (exact) mass is 391 g/mol. The van der Waals surface area contributed by atoms with Crippen LogP contribution in [0.25, 0.3) is 10.6 Å². The highest BCUT2D eigenvalue weighted by molar-refractivity contribution is 7.13. The summed E-state index contributed by atoms with van der Waals surface area (Å²) in [5.41, 5.74) is 1.17. The van der Waals surface area contributed by atoms with Crippen molar-refractivity contribution < 1.29 is 13.9 Å². The first-order chi connectivity index (χ1) is 13.7. The third kappa shape index (κ3) is 4.05. The molecule has 0 aliphatic carbocycles. The van der Waals surface area contributed by atoms with Gasteiger partial charge in [-0.05, 0) is 36.4 Å². The van der Waals surface area contributed by atoms with Gasteiger partial charge in [0.2, 0.25) is 0 Å². The van der Waals surface area contributed by atoms with E-state index >= 15 is 0 Å². The number of hydrogen-bond acceptors (Lipinski definition) is 5. The minimum atomic E-state index is -0.375. The van der Waals surface area contributed by atoms with E-state index in [9.17, 15) is 9.18 Å². The standard InChI is InChI=1S/C21H14FN3O2S/c22-18-7-2-1-6-17(18)21-25-19(13-28-21)20(26)24-14-4-3-5-16(12-14)27-15-8-10-23-11-9-15/h1-13H,(H,24,26). The molecular formula is C21H14FN3O2S. The Bertz CT molecular complexity index is 1120. The van der Waals surface area contributed by atoms with Crippen molar-refractivity contribution in [2.45, 2.75) is 0 Å². The molecule has 4 aromatic rings. The first-order valence-electron chi connectivity index (χ1n) is 8.39. The molecule has 0 fully saturated rings. The Morgan fingerprint density at radius 3 is 2.64 bits per heavy atom. The number of carbonyl (C=O) groups is 1. The van der Waals surface area contributed by atoms with E-state index in [1.807, 2.05) is 0 Å². The van der Waals surface area contributed by atoms with E-state index in [4.69, 9.17) is 4.74 Å². The molecule has 7 heteroatoms. The molecule has 0 aliphatic rings. The molecule has 0 unspecified atom stereocenters. The van der Waals surface area contributed by atoms with Gasteiger partial charge in [0.1, 0.15) is 28.0 Å². The maximum absolute atomic E-state index is 13.9. The molecule has 2 aromatic carbocycles. The lowest BCUT2D eigenvalue weighted by Crippen LogP contribution is -2.12. The van der Waals surface area contributed by atoms with Crippen LogP contribution in [-0.4, -0.2) is 15.9 Å². The Morgan fingerprint density at radius 1 is 1.00 bits per heavy atom. The van der Waals surface area contributed by atoms with Crippen molar-refractivity contribution in [3.8, 4) is 22.1 Å². The number of anilines is 1. The minimum Gasteiger partial charge on any atom is -0.457 e. The van der Waals surface area contributed by atoms with Crippen LogP contribution in [0.1, 0.15) is 10.5 Å². The quantitative estimate of drug-likeness (QED) is 0.495. The van der Waals surface area contributed by atoms with Gasteiger partial charge in [-0.2, -0.15) is 0 Å². The SMILES string of the molecule is O=C(Nc1cccc(Oc2ccncc2)c1)c1csc(-c2ccccc2F)n1. The summed E-state index contributed by atoms with van der Waals surface area (Å²) >= 11 is 1.22. The van der Waals surface area contributed by atoms with E-state index in [2.05, 4.69) is 15.3 Å².